The minimum Gasteiger partial charge on any atom is -0.311 e. The zero-order valence-corrected chi connectivity index (χ0v) is 11.8. The van der Waals surface area contributed by atoms with Crippen LogP contribution in [0.25, 0.3) is 0 Å². The monoisotopic (exact) mass is 226 g/mol. The van der Waals surface area contributed by atoms with Gasteiger partial charge in [0.25, 0.3) is 0 Å². The Labute approximate surface area is 102 Å². The molecule has 0 radical (unpaired) electrons. The van der Waals surface area contributed by atoms with Gasteiger partial charge in [0.1, 0.15) is 0 Å². The Kier molecular flexibility index (Phi) is 5.26. The van der Waals surface area contributed by atoms with E-state index in [4.69, 9.17) is 0 Å². The molecular weight excluding hydrogens is 196 g/mol. The van der Waals surface area contributed by atoms with E-state index in [1.807, 2.05) is 0 Å². The molecule has 0 aromatic carbocycles. The number of rotatable bonds is 5. The molecule has 1 heterocycles. The number of hydrogen-bond acceptors (Lipinski definition) is 2. The topological polar surface area (TPSA) is 15.3 Å². The molecule has 0 aromatic rings. The van der Waals surface area contributed by atoms with Gasteiger partial charge in [-0.2, -0.15) is 0 Å². The maximum absolute atomic E-state index is 3.65. The van der Waals surface area contributed by atoms with Crippen molar-refractivity contribution in [2.75, 3.05) is 13.1 Å². The summed E-state index contributed by atoms with van der Waals surface area (Å²) in [6, 6.07) is 1.53. The molecule has 2 atom stereocenters. The standard InChI is InChI=1S/C14H30N2/c1-6-8-12(2)16-10-7-9-13(16)11-15-14(3,4)5/h12-13,15H,6-11H2,1-5H3. The lowest BCUT2D eigenvalue weighted by Crippen LogP contribution is -2.47. The van der Waals surface area contributed by atoms with E-state index in [1.165, 1.54) is 32.2 Å². The second-order valence-electron chi connectivity index (χ2n) is 6.30. The van der Waals surface area contributed by atoms with Gasteiger partial charge < -0.3 is 5.32 Å². The van der Waals surface area contributed by atoms with E-state index < -0.39 is 0 Å². The van der Waals surface area contributed by atoms with Gasteiger partial charge in [-0.15, -0.1) is 0 Å². The van der Waals surface area contributed by atoms with Crippen LogP contribution in [0, 0.1) is 0 Å². The predicted molar refractivity (Wildman–Crippen MR) is 71.9 cm³/mol. The van der Waals surface area contributed by atoms with Crippen molar-refractivity contribution in [2.45, 2.75) is 77.9 Å². The Bertz CT molecular complexity index is 195. The van der Waals surface area contributed by atoms with Gasteiger partial charge in [-0.05, 0) is 53.5 Å². The van der Waals surface area contributed by atoms with Crippen LogP contribution in [-0.4, -0.2) is 35.6 Å². The average Bonchev–Trinajstić information content (AvgIpc) is 2.61. The van der Waals surface area contributed by atoms with Gasteiger partial charge in [0.2, 0.25) is 0 Å². The summed E-state index contributed by atoms with van der Waals surface area (Å²) >= 11 is 0. The Balaban J connectivity index is 2.40. The van der Waals surface area contributed by atoms with Gasteiger partial charge in [0, 0.05) is 24.2 Å². The maximum atomic E-state index is 3.65. The first-order chi connectivity index (χ1) is 7.44. The molecule has 1 N–H and O–H groups in total. The molecule has 1 aliphatic rings. The zero-order chi connectivity index (χ0) is 12.2. The van der Waals surface area contributed by atoms with E-state index in [0.717, 1.165) is 18.6 Å². The van der Waals surface area contributed by atoms with Crippen LogP contribution in [-0.2, 0) is 0 Å². The highest BCUT2D eigenvalue weighted by Gasteiger charge is 2.28. The van der Waals surface area contributed by atoms with Crippen LogP contribution in [0.3, 0.4) is 0 Å². The smallest absolute Gasteiger partial charge is 0.0224 e. The summed E-state index contributed by atoms with van der Waals surface area (Å²) in [6.45, 7) is 13.9. The normalized spacial score (nSPS) is 24.9. The highest BCUT2D eigenvalue weighted by atomic mass is 15.2. The van der Waals surface area contributed by atoms with Gasteiger partial charge in [0.05, 0.1) is 0 Å². The molecule has 2 heteroatoms. The Hall–Kier alpha value is -0.0800. The number of likely N-dealkylation sites (tertiary alicyclic amines) is 1. The van der Waals surface area contributed by atoms with Gasteiger partial charge >= 0.3 is 0 Å². The third kappa shape index (κ3) is 4.42. The fourth-order valence-electron chi connectivity index (χ4n) is 2.67. The first kappa shape index (κ1) is 14.0. The molecule has 0 spiro atoms. The molecule has 0 saturated carbocycles. The number of hydrogen-bond donors (Lipinski definition) is 1. The average molecular weight is 226 g/mol. The summed E-state index contributed by atoms with van der Waals surface area (Å²) in [4.78, 5) is 2.71. The molecule has 0 aliphatic carbocycles. The first-order valence-corrected chi connectivity index (χ1v) is 6.95. The van der Waals surface area contributed by atoms with Crippen LogP contribution in [0.2, 0.25) is 0 Å². The zero-order valence-electron chi connectivity index (χ0n) is 11.8. The van der Waals surface area contributed by atoms with Crippen LogP contribution in [0.5, 0.6) is 0 Å². The van der Waals surface area contributed by atoms with Crippen LogP contribution in [0.1, 0.15) is 60.3 Å². The summed E-state index contributed by atoms with van der Waals surface area (Å²) in [6.07, 6.45) is 5.39. The molecule has 1 aliphatic heterocycles. The molecule has 16 heavy (non-hydrogen) atoms. The highest BCUT2D eigenvalue weighted by Crippen LogP contribution is 2.22. The van der Waals surface area contributed by atoms with Crippen molar-refractivity contribution >= 4 is 0 Å². The molecule has 96 valence electrons. The van der Waals surface area contributed by atoms with Crippen molar-refractivity contribution < 1.29 is 0 Å². The molecule has 0 amide bonds. The van der Waals surface area contributed by atoms with E-state index >= 15 is 0 Å². The van der Waals surface area contributed by atoms with Crippen LogP contribution in [0.4, 0.5) is 0 Å². The maximum Gasteiger partial charge on any atom is 0.0224 e. The molecule has 0 bridgehead atoms. The molecule has 2 unspecified atom stereocenters. The minimum atomic E-state index is 0.252. The molecule has 0 aromatic heterocycles. The highest BCUT2D eigenvalue weighted by molar-refractivity contribution is 4.86. The summed E-state index contributed by atoms with van der Waals surface area (Å²) in [7, 11) is 0. The van der Waals surface area contributed by atoms with Crippen molar-refractivity contribution in [3.63, 3.8) is 0 Å². The van der Waals surface area contributed by atoms with E-state index in [0.29, 0.717) is 0 Å². The Morgan fingerprint density at radius 2 is 2.06 bits per heavy atom. The van der Waals surface area contributed by atoms with Gasteiger partial charge in [-0.25, -0.2) is 0 Å². The van der Waals surface area contributed by atoms with E-state index in [1.54, 1.807) is 0 Å². The quantitative estimate of drug-likeness (QED) is 0.775. The van der Waals surface area contributed by atoms with E-state index in [-0.39, 0.29) is 5.54 Å². The second-order valence-corrected chi connectivity index (χ2v) is 6.30. The number of nitrogens with zero attached hydrogens (tertiary/aromatic N) is 1. The van der Waals surface area contributed by atoms with Crippen LogP contribution in [0.15, 0.2) is 0 Å². The second kappa shape index (κ2) is 6.02. The van der Waals surface area contributed by atoms with E-state index in [9.17, 15) is 0 Å². The molecular formula is C14H30N2. The molecule has 1 rings (SSSR count). The minimum absolute atomic E-state index is 0.252. The third-order valence-electron chi connectivity index (χ3n) is 3.56. The Morgan fingerprint density at radius 3 is 2.62 bits per heavy atom. The van der Waals surface area contributed by atoms with Gasteiger partial charge in [-0.3, -0.25) is 4.90 Å². The van der Waals surface area contributed by atoms with Crippen molar-refractivity contribution in [3.05, 3.63) is 0 Å². The van der Waals surface area contributed by atoms with Crippen LogP contribution < -0.4 is 5.32 Å². The third-order valence-corrected chi connectivity index (χ3v) is 3.56. The summed E-state index contributed by atoms with van der Waals surface area (Å²) in [5.41, 5.74) is 0.252. The lowest BCUT2D eigenvalue weighted by Gasteiger charge is -2.33. The summed E-state index contributed by atoms with van der Waals surface area (Å²) in [5, 5.41) is 3.65. The van der Waals surface area contributed by atoms with Crippen molar-refractivity contribution in [1.29, 1.82) is 0 Å². The molecule has 2 nitrogen and oxygen atoms in total. The first-order valence-electron chi connectivity index (χ1n) is 6.95. The largest absolute Gasteiger partial charge is 0.311 e. The fourth-order valence-corrected chi connectivity index (χ4v) is 2.67. The van der Waals surface area contributed by atoms with Crippen LogP contribution >= 0.6 is 0 Å². The lowest BCUT2D eigenvalue weighted by atomic mass is 10.1. The van der Waals surface area contributed by atoms with Gasteiger partial charge in [-0.1, -0.05) is 13.3 Å². The molecule has 1 fully saturated rings. The fraction of sp³-hybridized carbons (Fsp3) is 1.00. The van der Waals surface area contributed by atoms with Crippen molar-refractivity contribution in [2.24, 2.45) is 0 Å². The lowest BCUT2D eigenvalue weighted by molar-refractivity contribution is 0.171. The predicted octanol–water partition coefficient (Wildman–Crippen LogP) is 3.03. The van der Waals surface area contributed by atoms with Crippen molar-refractivity contribution in [1.82, 2.24) is 10.2 Å². The van der Waals surface area contributed by atoms with Crippen molar-refractivity contribution in [3.8, 4) is 0 Å². The number of nitrogens with one attached hydrogen (secondary N) is 1. The van der Waals surface area contributed by atoms with Gasteiger partial charge in [0.15, 0.2) is 0 Å². The molecule has 1 saturated heterocycles. The SMILES string of the molecule is CCCC(C)N1CCCC1CNC(C)(C)C. The summed E-state index contributed by atoms with van der Waals surface area (Å²) in [5.74, 6) is 0. The Morgan fingerprint density at radius 1 is 1.38 bits per heavy atom. The van der Waals surface area contributed by atoms with E-state index in [2.05, 4.69) is 44.8 Å². The summed E-state index contributed by atoms with van der Waals surface area (Å²) < 4.78 is 0.